The predicted octanol–water partition coefficient (Wildman–Crippen LogP) is 5.97. The van der Waals surface area contributed by atoms with Crippen molar-refractivity contribution in [2.45, 2.75) is 20.0 Å². The number of nitrogens with zero attached hydrogens (tertiary/aromatic N) is 2. The van der Waals surface area contributed by atoms with Gasteiger partial charge in [-0.05, 0) is 66.4 Å². The number of rotatable bonds is 11. The number of ether oxygens (including phenoxy) is 2. The number of halogens is 1. The highest BCUT2D eigenvalue weighted by molar-refractivity contribution is 6.32. The minimum Gasteiger partial charge on any atom is -0.490 e. The van der Waals surface area contributed by atoms with Crippen LogP contribution in [0, 0.1) is 21.4 Å². The molecule has 0 bridgehead atoms. The highest BCUT2D eigenvalue weighted by Gasteiger charge is 2.15. The minimum atomic E-state index is -0.495. The lowest BCUT2D eigenvalue weighted by atomic mass is 10.1. The van der Waals surface area contributed by atoms with E-state index in [-0.39, 0.29) is 28.6 Å². The first-order valence-corrected chi connectivity index (χ1v) is 12.5. The molecule has 1 amide bonds. The van der Waals surface area contributed by atoms with E-state index in [9.17, 15) is 20.2 Å². The number of para-hydroxylation sites is 1. The summed E-state index contributed by atoms with van der Waals surface area (Å²) in [6.45, 7) is 2.60. The van der Waals surface area contributed by atoms with Crippen LogP contribution in [-0.2, 0) is 17.8 Å². The van der Waals surface area contributed by atoms with Crippen molar-refractivity contribution in [3.05, 3.63) is 104 Å². The maximum atomic E-state index is 12.7. The van der Waals surface area contributed by atoms with Crippen LogP contribution in [0.2, 0.25) is 5.02 Å². The second-order valence-electron chi connectivity index (χ2n) is 8.51. The third-order valence-corrected chi connectivity index (χ3v) is 6.17. The lowest BCUT2D eigenvalue weighted by Gasteiger charge is -2.15. The van der Waals surface area contributed by atoms with Gasteiger partial charge in [-0.3, -0.25) is 14.9 Å². The van der Waals surface area contributed by atoms with Crippen LogP contribution in [0.5, 0.6) is 11.5 Å². The van der Waals surface area contributed by atoms with E-state index in [2.05, 4.69) is 10.3 Å². The van der Waals surface area contributed by atoms with Crippen LogP contribution in [0.25, 0.3) is 17.0 Å². The quantitative estimate of drug-likeness (QED) is 0.103. The van der Waals surface area contributed by atoms with Crippen molar-refractivity contribution in [2.24, 2.45) is 0 Å². The van der Waals surface area contributed by atoms with Crippen molar-refractivity contribution in [2.75, 3.05) is 13.2 Å². The second kappa shape index (κ2) is 12.6. The molecule has 0 radical (unpaired) electrons. The summed E-state index contributed by atoms with van der Waals surface area (Å²) in [5, 5.41) is 24.6. The summed E-state index contributed by atoms with van der Waals surface area (Å²) in [5.41, 5.74) is 3.21. The first kappa shape index (κ1) is 27.2. The number of amides is 1. The van der Waals surface area contributed by atoms with Gasteiger partial charge in [0.05, 0.1) is 16.6 Å². The van der Waals surface area contributed by atoms with Crippen molar-refractivity contribution < 1.29 is 19.2 Å². The van der Waals surface area contributed by atoms with Crippen molar-refractivity contribution in [3.63, 3.8) is 0 Å². The second-order valence-corrected chi connectivity index (χ2v) is 8.92. The van der Waals surface area contributed by atoms with Crippen LogP contribution in [0.4, 0.5) is 5.69 Å². The molecule has 9 nitrogen and oxygen atoms in total. The Morgan fingerprint density at radius 1 is 1.18 bits per heavy atom. The molecular weight excluding hydrogens is 520 g/mol. The van der Waals surface area contributed by atoms with Crippen LogP contribution in [0.15, 0.2) is 72.4 Å². The number of aromatic amines is 1. The number of nitriles is 1. The number of hydrogen-bond donors (Lipinski definition) is 2. The van der Waals surface area contributed by atoms with Crippen molar-refractivity contribution >= 4 is 40.2 Å². The van der Waals surface area contributed by atoms with Crippen molar-refractivity contribution in [3.8, 4) is 17.6 Å². The zero-order chi connectivity index (χ0) is 27.8. The molecule has 1 heterocycles. The smallest absolute Gasteiger partial charge is 0.269 e. The van der Waals surface area contributed by atoms with Crippen LogP contribution >= 0.6 is 11.6 Å². The first-order valence-electron chi connectivity index (χ1n) is 12.2. The molecule has 0 saturated heterocycles. The van der Waals surface area contributed by atoms with Gasteiger partial charge in [-0.15, -0.1) is 0 Å². The van der Waals surface area contributed by atoms with E-state index in [0.29, 0.717) is 36.4 Å². The van der Waals surface area contributed by atoms with Gasteiger partial charge in [0.2, 0.25) is 0 Å². The van der Waals surface area contributed by atoms with E-state index in [1.165, 1.54) is 18.2 Å². The number of hydrogen-bond acceptors (Lipinski definition) is 6. The highest BCUT2D eigenvalue weighted by Crippen LogP contribution is 2.38. The van der Waals surface area contributed by atoms with Crippen LogP contribution in [0.1, 0.15) is 23.6 Å². The molecule has 198 valence electrons. The molecule has 3 aromatic carbocycles. The van der Waals surface area contributed by atoms with Gasteiger partial charge >= 0.3 is 0 Å². The summed E-state index contributed by atoms with van der Waals surface area (Å²) in [6, 6.07) is 19.1. The van der Waals surface area contributed by atoms with Gasteiger partial charge in [-0.1, -0.05) is 29.8 Å². The van der Waals surface area contributed by atoms with Gasteiger partial charge < -0.3 is 19.8 Å². The Kier molecular flexibility index (Phi) is 8.82. The maximum absolute atomic E-state index is 12.7. The molecule has 2 N–H and O–H groups in total. The number of nitrogens with one attached hydrogen (secondary N) is 2. The maximum Gasteiger partial charge on any atom is 0.269 e. The largest absolute Gasteiger partial charge is 0.490 e. The summed E-state index contributed by atoms with van der Waals surface area (Å²) < 4.78 is 11.6. The number of non-ortho nitro benzene ring substituents is 1. The van der Waals surface area contributed by atoms with Gasteiger partial charge in [0.15, 0.2) is 11.5 Å². The van der Waals surface area contributed by atoms with Crippen molar-refractivity contribution in [1.82, 2.24) is 10.3 Å². The minimum absolute atomic E-state index is 0.0155. The molecule has 1 aromatic heterocycles. The molecule has 4 aromatic rings. The highest BCUT2D eigenvalue weighted by atomic mass is 35.5. The molecule has 0 aliphatic heterocycles. The number of carbonyl (C=O) groups is 1. The number of aromatic nitrogens is 1. The zero-order valence-corrected chi connectivity index (χ0v) is 21.8. The molecule has 0 atom stereocenters. The number of carbonyl (C=O) groups excluding carboxylic acids is 1. The van der Waals surface area contributed by atoms with Crippen LogP contribution in [0.3, 0.4) is 0 Å². The molecule has 0 fully saturated rings. The summed E-state index contributed by atoms with van der Waals surface area (Å²) >= 11 is 6.49. The van der Waals surface area contributed by atoms with Crippen LogP contribution in [-0.4, -0.2) is 29.0 Å². The number of nitro groups is 1. The first-order chi connectivity index (χ1) is 18.9. The van der Waals surface area contributed by atoms with E-state index < -0.39 is 10.8 Å². The van der Waals surface area contributed by atoms with E-state index in [4.69, 9.17) is 21.1 Å². The normalized spacial score (nSPS) is 11.2. The Labute approximate surface area is 229 Å². The number of H-pyrrole nitrogens is 1. The van der Waals surface area contributed by atoms with Gasteiger partial charge in [-0.25, -0.2) is 0 Å². The lowest BCUT2D eigenvalue weighted by molar-refractivity contribution is -0.384. The monoisotopic (exact) mass is 544 g/mol. The molecule has 0 aliphatic carbocycles. The van der Waals surface area contributed by atoms with Gasteiger partial charge in [0.25, 0.3) is 11.6 Å². The molecule has 4 rings (SSSR count). The lowest BCUT2D eigenvalue weighted by Crippen LogP contribution is -2.26. The topological polar surface area (TPSA) is 130 Å². The summed E-state index contributed by atoms with van der Waals surface area (Å²) in [7, 11) is 0. The molecule has 0 saturated carbocycles. The molecule has 39 heavy (non-hydrogen) atoms. The van der Waals surface area contributed by atoms with Crippen LogP contribution < -0.4 is 14.8 Å². The predicted molar refractivity (Wildman–Crippen MR) is 149 cm³/mol. The Morgan fingerprint density at radius 2 is 1.95 bits per heavy atom. The summed E-state index contributed by atoms with van der Waals surface area (Å²) in [6.07, 6.45) is 3.96. The van der Waals surface area contributed by atoms with E-state index in [0.717, 1.165) is 16.5 Å². The summed E-state index contributed by atoms with van der Waals surface area (Å²) in [5.74, 6) is 0.135. The van der Waals surface area contributed by atoms with Gasteiger partial charge in [0.1, 0.15) is 18.2 Å². The fourth-order valence-electron chi connectivity index (χ4n) is 4.00. The molecule has 10 heteroatoms. The Bertz CT molecular complexity index is 1570. The van der Waals surface area contributed by atoms with E-state index in [1.54, 1.807) is 31.2 Å². The number of fused-ring (bicyclic) bond motifs is 1. The molecule has 0 aliphatic rings. The molecular formula is C29H25ClN4O5. The number of benzene rings is 3. The van der Waals surface area contributed by atoms with Gasteiger partial charge in [-0.2, -0.15) is 5.26 Å². The third-order valence-electron chi connectivity index (χ3n) is 5.89. The average molecular weight is 545 g/mol. The van der Waals surface area contributed by atoms with Crippen molar-refractivity contribution in [1.29, 1.82) is 5.26 Å². The fourth-order valence-corrected chi connectivity index (χ4v) is 4.28. The third kappa shape index (κ3) is 6.74. The average Bonchev–Trinajstić information content (AvgIpc) is 3.34. The molecule has 0 spiro atoms. The molecule has 0 unspecified atom stereocenters. The Morgan fingerprint density at radius 3 is 2.67 bits per heavy atom. The fraction of sp³-hybridized carbons (Fsp3) is 0.172. The van der Waals surface area contributed by atoms with E-state index >= 15 is 0 Å². The van der Waals surface area contributed by atoms with Gasteiger partial charge in [0, 0.05) is 35.8 Å². The summed E-state index contributed by atoms with van der Waals surface area (Å²) in [4.78, 5) is 26.3. The number of nitro benzene ring substituents is 1. The SMILES string of the molecule is CCOc1cc(/C=C(/C#N)C(=O)NCCc2c[nH]c3ccccc23)cc(Cl)c1OCc1ccc([N+](=O)[O-])cc1. The Balaban J connectivity index is 1.45. The zero-order valence-electron chi connectivity index (χ0n) is 21.1. The van der Waals surface area contributed by atoms with E-state index in [1.807, 2.05) is 36.5 Å². The standard InChI is InChI=1S/C29H25ClN4O5/c1-2-38-27-15-20(14-25(30)28(27)39-18-19-7-9-23(10-8-19)34(36)37)13-22(16-31)29(35)32-12-11-21-17-33-26-6-4-3-5-24(21)26/h3-10,13-15,17,33H,2,11-12,18H2,1H3,(H,32,35)/b22-13-. The Hall–Kier alpha value is -4.81.